The number of aromatic nitrogens is 2. The summed E-state index contributed by atoms with van der Waals surface area (Å²) in [4.78, 5) is 20.7. The van der Waals surface area contributed by atoms with Gasteiger partial charge >= 0.3 is 0 Å². The van der Waals surface area contributed by atoms with Crippen LogP contribution in [0.15, 0.2) is 24.5 Å². The number of rotatable bonds is 7. The number of amides is 1. The monoisotopic (exact) mass is 476 g/mol. The third-order valence-electron chi connectivity index (χ3n) is 6.88. The lowest BCUT2D eigenvalue weighted by Gasteiger charge is -2.57. The molecule has 1 aromatic heterocycles. The maximum absolute atomic E-state index is 12.2. The van der Waals surface area contributed by atoms with Gasteiger partial charge in [0.1, 0.15) is 17.8 Å². The number of hydrazine groups is 1. The Morgan fingerprint density at radius 1 is 1.09 bits per heavy atom. The molecule has 1 amide bonds. The molecule has 0 radical (unpaired) electrons. The van der Waals surface area contributed by atoms with Crippen molar-refractivity contribution in [1.82, 2.24) is 15.4 Å². The number of halogens is 2. The molecule has 10 heteroatoms. The molecule has 4 aliphatic rings. The number of benzene rings is 1. The Kier molecular flexibility index (Phi) is 5.67. The summed E-state index contributed by atoms with van der Waals surface area (Å²) in [6, 6.07) is 4.80. The second-order valence-electron chi connectivity index (χ2n) is 9.34. The Morgan fingerprint density at radius 3 is 2.41 bits per heavy atom. The summed E-state index contributed by atoms with van der Waals surface area (Å²) in [7, 11) is 0. The van der Waals surface area contributed by atoms with Gasteiger partial charge in [-0.1, -0.05) is 23.2 Å². The minimum atomic E-state index is -0.412. The molecule has 1 heterocycles. The molecule has 6 rings (SSSR count). The van der Waals surface area contributed by atoms with Crippen molar-refractivity contribution in [2.45, 2.75) is 44.1 Å². The fraction of sp³-hybridized carbons (Fsp3) is 0.500. The van der Waals surface area contributed by atoms with E-state index in [1.165, 1.54) is 44.9 Å². The van der Waals surface area contributed by atoms with Crippen LogP contribution in [-0.4, -0.2) is 28.0 Å². The van der Waals surface area contributed by atoms with Crippen LogP contribution in [0.2, 0.25) is 10.0 Å². The van der Waals surface area contributed by atoms with Gasteiger partial charge in [-0.25, -0.2) is 9.97 Å². The van der Waals surface area contributed by atoms with Gasteiger partial charge in [0.2, 0.25) is 0 Å². The second-order valence-corrected chi connectivity index (χ2v) is 10.2. The van der Waals surface area contributed by atoms with Gasteiger partial charge in [-0.05, 0) is 74.5 Å². The van der Waals surface area contributed by atoms with Crippen molar-refractivity contribution in [3.05, 3.63) is 34.6 Å². The van der Waals surface area contributed by atoms with Gasteiger partial charge in [0.25, 0.3) is 5.91 Å². The number of carbonyl (C=O) groups excluding carboxylic acids is 1. The van der Waals surface area contributed by atoms with Gasteiger partial charge in [-0.2, -0.15) is 0 Å². The lowest BCUT2D eigenvalue weighted by Crippen LogP contribution is -2.55. The molecular formula is C22H26Cl2N6O2. The van der Waals surface area contributed by atoms with Crippen molar-refractivity contribution in [3.63, 3.8) is 0 Å². The van der Waals surface area contributed by atoms with Crippen LogP contribution in [0.5, 0.6) is 5.75 Å². The smallest absolute Gasteiger partial charge is 0.276 e. The molecule has 2 aromatic rings. The van der Waals surface area contributed by atoms with E-state index in [4.69, 9.17) is 33.7 Å². The van der Waals surface area contributed by atoms with E-state index >= 15 is 0 Å². The third kappa shape index (κ3) is 4.38. The highest BCUT2D eigenvalue weighted by Crippen LogP contribution is 2.56. The highest BCUT2D eigenvalue weighted by atomic mass is 35.5. The molecular weight excluding hydrogens is 451 g/mol. The predicted octanol–water partition coefficient (Wildman–Crippen LogP) is 4.27. The average Bonchev–Trinajstić information content (AvgIpc) is 2.72. The quantitative estimate of drug-likeness (QED) is 0.441. The Morgan fingerprint density at radius 2 is 1.75 bits per heavy atom. The molecule has 0 aliphatic heterocycles. The molecule has 32 heavy (non-hydrogen) atoms. The number of anilines is 3. The number of nitrogens with one attached hydrogen (secondary N) is 3. The van der Waals surface area contributed by atoms with E-state index in [0.717, 1.165) is 17.8 Å². The van der Waals surface area contributed by atoms with E-state index in [1.807, 2.05) is 0 Å². The molecule has 0 unspecified atom stereocenters. The first kappa shape index (κ1) is 21.4. The van der Waals surface area contributed by atoms with Gasteiger partial charge in [-0.3, -0.25) is 15.6 Å². The van der Waals surface area contributed by atoms with E-state index in [-0.39, 0.29) is 12.1 Å². The zero-order valence-electron chi connectivity index (χ0n) is 17.5. The molecule has 4 fully saturated rings. The van der Waals surface area contributed by atoms with Crippen LogP contribution in [0, 0.1) is 17.8 Å². The van der Waals surface area contributed by atoms with Crippen LogP contribution in [0.4, 0.5) is 17.3 Å². The van der Waals surface area contributed by atoms with E-state index in [0.29, 0.717) is 33.1 Å². The van der Waals surface area contributed by atoms with Crippen molar-refractivity contribution in [3.8, 4) is 5.75 Å². The van der Waals surface area contributed by atoms with Gasteiger partial charge in [0, 0.05) is 10.6 Å². The van der Waals surface area contributed by atoms with E-state index in [1.54, 1.807) is 18.2 Å². The van der Waals surface area contributed by atoms with Gasteiger partial charge < -0.3 is 15.8 Å². The van der Waals surface area contributed by atoms with Gasteiger partial charge in [0.05, 0.1) is 5.02 Å². The number of hydrogen-bond donors (Lipinski definition) is 4. The van der Waals surface area contributed by atoms with Crippen molar-refractivity contribution in [2.75, 3.05) is 23.1 Å². The van der Waals surface area contributed by atoms with Crippen LogP contribution < -0.4 is 26.6 Å². The number of nitrogens with zero attached hydrogens (tertiary/aromatic N) is 2. The van der Waals surface area contributed by atoms with Gasteiger partial charge in [0.15, 0.2) is 18.2 Å². The largest absolute Gasteiger partial charge is 0.482 e. The maximum Gasteiger partial charge on any atom is 0.276 e. The van der Waals surface area contributed by atoms with E-state index in [9.17, 15) is 4.79 Å². The topological polar surface area (TPSA) is 114 Å². The average molecular weight is 477 g/mol. The zero-order chi connectivity index (χ0) is 22.3. The van der Waals surface area contributed by atoms with Crippen LogP contribution >= 0.6 is 23.2 Å². The number of ether oxygens (including phenoxy) is 1. The van der Waals surface area contributed by atoms with Crippen molar-refractivity contribution in [2.24, 2.45) is 17.8 Å². The highest BCUT2D eigenvalue weighted by Gasteiger charge is 2.51. The normalized spacial score (nSPS) is 27.8. The highest BCUT2D eigenvalue weighted by molar-refractivity contribution is 6.35. The molecule has 0 saturated heterocycles. The first-order valence-electron chi connectivity index (χ1n) is 10.9. The lowest BCUT2D eigenvalue weighted by molar-refractivity contribution is -0.122. The molecule has 1 aromatic carbocycles. The Bertz CT molecular complexity index is 998. The minimum absolute atomic E-state index is 0.0728. The number of hydrogen-bond acceptors (Lipinski definition) is 7. The summed E-state index contributed by atoms with van der Waals surface area (Å²) >= 11 is 11.9. The molecule has 170 valence electrons. The molecule has 0 atom stereocenters. The first-order chi connectivity index (χ1) is 15.4. The van der Waals surface area contributed by atoms with Crippen molar-refractivity contribution < 1.29 is 9.53 Å². The first-order valence-corrected chi connectivity index (χ1v) is 11.7. The maximum atomic E-state index is 12.2. The fourth-order valence-electron chi connectivity index (χ4n) is 6.01. The summed E-state index contributed by atoms with van der Waals surface area (Å²) in [5.41, 5.74) is 12.1. The minimum Gasteiger partial charge on any atom is -0.482 e. The van der Waals surface area contributed by atoms with Gasteiger partial charge in [-0.15, -0.1) is 0 Å². The number of carbonyl (C=O) groups is 1. The second kappa shape index (κ2) is 8.48. The Balaban J connectivity index is 1.19. The summed E-state index contributed by atoms with van der Waals surface area (Å²) in [6.45, 7) is -0.238. The van der Waals surface area contributed by atoms with Crippen molar-refractivity contribution >= 4 is 46.4 Å². The standard InChI is InChI=1S/C22H26Cl2N6O2/c23-15-1-2-17(16(24)6-15)32-10-18(31)29-30-21-19(25)20(26-11-27-21)28-22-7-12-3-13(8-22)5-14(4-12)9-22/h1-2,6,11-14H,3-5,7-10,25H2,(H,29,31)(H2,26,27,28,30). The van der Waals surface area contributed by atoms with Crippen LogP contribution in [0.25, 0.3) is 0 Å². The third-order valence-corrected chi connectivity index (χ3v) is 7.41. The Labute approximate surface area is 196 Å². The molecule has 5 N–H and O–H groups in total. The van der Waals surface area contributed by atoms with Crippen LogP contribution in [0.3, 0.4) is 0 Å². The van der Waals surface area contributed by atoms with E-state index < -0.39 is 5.91 Å². The summed E-state index contributed by atoms with van der Waals surface area (Å²) in [5, 5.41) is 4.48. The zero-order valence-corrected chi connectivity index (χ0v) is 19.0. The van der Waals surface area contributed by atoms with Crippen LogP contribution in [-0.2, 0) is 4.79 Å². The molecule has 4 bridgehead atoms. The molecule has 4 saturated carbocycles. The summed E-state index contributed by atoms with van der Waals surface area (Å²) < 4.78 is 5.44. The molecule has 4 aliphatic carbocycles. The molecule has 8 nitrogen and oxygen atoms in total. The predicted molar refractivity (Wildman–Crippen MR) is 125 cm³/mol. The van der Waals surface area contributed by atoms with Crippen LogP contribution in [0.1, 0.15) is 38.5 Å². The summed E-state index contributed by atoms with van der Waals surface area (Å²) in [5.74, 6) is 3.33. The Hall–Kier alpha value is -2.45. The number of nitrogen functional groups attached to an aromatic ring is 1. The summed E-state index contributed by atoms with van der Waals surface area (Å²) in [6.07, 6.45) is 9.05. The lowest BCUT2D eigenvalue weighted by atomic mass is 9.53. The molecule has 0 spiro atoms. The SMILES string of the molecule is Nc1c(NNC(=O)COc2ccc(Cl)cc2Cl)ncnc1NC12CC3CC(CC(C3)C1)C2. The fourth-order valence-corrected chi connectivity index (χ4v) is 6.47. The number of nitrogens with two attached hydrogens (primary N) is 1. The van der Waals surface area contributed by atoms with E-state index in [2.05, 4.69) is 26.1 Å². The van der Waals surface area contributed by atoms with Crippen molar-refractivity contribution in [1.29, 1.82) is 0 Å².